The number of carbonyl (C=O) groups excluding carboxylic acids is 1. The van der Waals surface area contributed by atoms with E-state index in [-0.39, 0.29) is 23.6 Å². The quantitative estimate of drug-likeness (QED) is 0.621. The number of amides is 1. The van der Waals surface area contributed by atoms with Gasteiger partial charge in [0.1, 0.15) is 5.70 Å². The molecule has 0 bridgehead atoms. The second kappa shape index (κ2) is 3.06. The van der Waals surface area contributed by atoms with Crippen LogP contribution in [0.3, 0.4) is 0 Å². The van der Waals surface area contributed by atoms with Crippen LogP contribution in [0.1, 0.15) is 13.8 Å². The number of fused-ring (bicyclic) bond motifs is 1. The van der Waals surface area contributed by atoms with Crippen molar-refractivity contribution in [2.75, 3.05) is 0 Å². The van der Waals surface area contributed by atoms with Gasteiger partial charge in [-0.1, -0.05) is 6.92 Å². The molecule has 2 N–H and O–H groups in total. The Morgan fingerprint density at radius 1 is 1.60 bits per heavy atom. The third kappa shape index (κ3) is 1.19. The minimum atomic E-state index is -1.08. The third-order valence-corrected chi connectivity index (χ3v) is 3.15. The standard InChI is InChI=1S/C10H13NO4/c1-4-3-6(10(14)15)11-8(4)7(5(2)12)9(11)13/h3-5,7-8,12H,1-2H3,(H,14,15)/t4-,5+,7-,8+/m0/s1. The molecule has 0 saturated carbocycles. The van der Waals surface area contributed by atoms with Gasteiger partial charge in [0.05, 0.1) is 18.1 Å². The Hall–Kier alpha value is -1.36. The van der Waals surface area contributed by atoms with Crippen molar-refractivity contribution in [1.29, 1.82) is 0 Å². The topological polar surface area (TPSA) is 77.8 Å². The fourth-order valence-corrected chi connectivity index (χ4v) is 2.47. The van der Waals surface area contributed by atoms with E-state index in [1.807, 2.05) is 6.92 Å². The molecule has 2 aliphatic heterocycles. The molecule has 0 aromatic carbocycles. The van der Waals surface area contributed by atoms with Gasteiger partial charge in [-0.2, -0.15) is 0 Å². The highest BCUT2D eigenvalue weighted by Crippen LogP contribution is 2.43. The fraction of sp³-hybridized carbons (Fsp3) is 0.600. The summed E-state index contributed by atoms with van der Waals surface area (Å²) in [6, 6.07) is -0.177. The molecule has 0 aromatic heterocycles. The third-order valence-electron chi connectivity index (χ3n) is 3.15. The molecule has 5 nitrogen and oxygen atoms in total. The number of carbonyl (C=O) groups is 2. The molecule has 15 heavy (non-hydrogen) atoms. The normalized spacial score (nSPS) is 35.7. The number of hydrogen-bond acceptors (Lipinski definition) is 3. The van der Waals surface area contributed by atoms with Crippen molar-refractivity contribution >= 4 is 11.9 Å². The van der Waals surface area contributed by atoms with Crippen LogP contribution in [0.25, 0.3) is 0 Å². The Bertz CT molecular complexity index is 360. The van der Waals surface area contributed by atoms with Crippen LogP contribution in [0.4, 0.5) is 0 Å². The number of nitrogens with zero attached hydrogens (tertiary/aromatic N) is 1. The molecule has 2 aliphatic rings. The van der Waals surface area contributed by atoms with Crippen molar-refractivity contribution in [2.45, 2.75) is 26.0 Å². The first-order valence-electron chi connectivity index (χ1n) is 4.91. The Morgan fingerprint density at radius 3 is 2.67 bits per heavy atom. The number of hydrogen-bond donors (Lipinski definition) is 2. The van der Waals surface area contributed by atoms with Crippen molar-refractivity contribution in [2.24, 2.45) is 11.8 Å². The molecule has 1 fully saturated rings. The van der Waals surface area contributed by atoms with Crippen molar-refractivity contribution in [3.05, 3.63) is 11.8 Å². The molecule has 1 saturated heterocycles. The van der Waals surface area contributed by atoms with E-state index in [9.17, 15) is 14.7 Å². The van der Waals surface area contributed by atoms with E-state index in [4.69, 9.17) is 5.11 Å². The predicted octanol–water partition coefficient (Wildman–Crippen LogP) is -0.188. The molecule has 0 spiro atoms. The van der Waals surface area contributed by atoms with E-state index in [1.165, 1.54) is 4.90 Å². The molecule has 82 valence electrons. The molecular weight excluding hydrogens is 198 g/mol. The van der Waals surface area contributed by atoms with Gasteiger partial charge in [-0.15, -0.1) is 0 Å². The predicted molar refractivity (Wildman–Crippen MR) is 50.7 cm³/mol. The lowest BCUT2D eigenvalue weighted by molar-refractivity contribution is -0.163. The van der Waals surface area contributed by atoms with E-state index < -0.39 is 18.0 Å². The smallest absolute Gasteiger partial charge is 0.352 e. The van der Waals surface area contributed by atoms with Gasteiger partial charge in [0.15, 0.2) is 0 Å². The minimum absolute atomic E-state index is 0.00611. The van der Waals surface area contributed by atoms with Crippen LogP contribution >= 0.6 is 0 Å². The van der Waals surface area contributed by atoms with Crippen LogP contribution in [-0.4, -0.2) is 39.1 Å². The van der Waals surface area contributed by atoms with E-state index in [1.54, 1.807) is 13.0 Å². The number of carboxylic acids is 1. The van der Waals surface area contributed by atoms with E-state index >= 15 is 0 Å². The molecule has 0 radical (unpaired) electrons. The van der Waals surface area contributed by atoms with Crippen molar-refractivity contribution in [1.82, 2.24) is 4.90 Å². The zero-order chi connectivity index (χ0) is 11.3. The first-order valence-corrected chi connectivity index (χ1v) is 4.91. The van der Waals surface area contributed by atoms with Crippen LogP contribution < -0.4 is 0 Å². The Kier molecular flexibility index (Phi) is 2.08. The Labute approximate surface area is 87.0 Å². The summed E-state index contributed by atoms with van der Waals surface area (Å²) in [5, 5.41) is 18.3. The number of aliphatic carboxylic acids is 1. The molecule has 0 unspecified atom stereocenters. The van der Waals surface area contributed by atoms with Gasteiger partial charge >= 0.3 is 5.97 Å². The summed E-state index contributed by atoms with van der Waals surface area (Å²) < 4.78 is 0. The van der Waals surface area contributed by atoms with Gasteiger partial charge in [-0.05, 0) is 18.9 Å². The summed E-state index contributed by atoms with van der Waals surface area (Å²) in [5.74, 6) is -1.82. The van der Waals surface area contributed by atoms with Gasteiger partial charge in [-0.3, -0.25) is 4.79 Å². The van der Waals surface area contributed by atoms with Crippen LogP contribution in [0.5, 0.6) is 0 Å². The minimum Gasteiger partial charge on any atom is -0.477 e. The molecular formula is C10H13NO4. The molecule has 0 aliphatic carbocycles. The largest absolute Gasteiger partial charge is 0.477 e. The highest BCUT2D eigenvalue weighted by molar-refractivity contribution is 5.99. The zero-order valence-corrected chi connectivity index (χ0v) is 8.54. The second-order valence-corrected chi connectivity index (χ2v) is 4.18. The molecule has 2 rings (SSSR count). The maximum atomic E-state index is 11.6. The lowest BCUT2D eigenvalue weighted by Gasteiger charge is -2.46. The first-order chi connectivity index (χ1) is 6.95. The van der Waals surface area contributed by atoms with E-state index in [0.29, 0.717) is 0 Å². The zero-order valence-electron chi connectivity index (χ0n) is 8.54. The second-order valence-electron chi connectivity index (χ2n) is 4.18. The number of aliphatic hydroxyl groups is 1. The van der Waals surface area contributed by atoms with Crippen molar-refractivity contribution in [3.63, 3.8) is 0 Å². The van der Waals surface area contributed by atoms with Crippen molar-refractivity contribution < 1.29 is 19.8 Å². The van der Waals surface area contributed by atoms with Crippen LogP contribution in [0, 0.1) is 11.8 Å². The molecule has 0 aromatic rings. The Balaban J connectivity index is 2.26. The summed E-state index contributed by atoms with van der Waals surface area (Å²) in [6.45, 7) is 3.42. The lowest BCUT2D eigenvalue weighted by Crippen LogP contribution is -2.63. The van der Waals surface area contributed by atoms with Crippen molar-refractivity contribution in [3.8, 4) is 0 Å². The summed E-state index contributed by atoms with van der Waals surface area (Å²) in [4.78, 5) is 23.7. The maximum absolute atomic E-state index is 11.6. The summed E-state index contributed by atoms with van der Waals surface area (Å²) in [6.07, 6.45) is 0.857. The number of rotatable bonds is 2. The summed E-state index contributed by atoms with van der Waals surface area (Å²) in [7, 11) is 0. The number of aliphatic hydroxyl groups excluding tert-OH is 1. The Morgan fingerprint density at radius 2 is 2.20 bits per heavy atom. The summed E-state index contributed by atoms with van der Waals surface area (Å²) >= 11 is 0. The molecule has 4 atom stereocenters. The number of carboxylic acid groups (broad SMARTS) is 1. The van der Waals surface area contributed by atoms with Gasteiger partial charge in [0.2, 0.25) is 5.91 Å². The highest BCUT2D eigenvalue weighted by Gasteiger charge is 2.57. The fourth-order valence-electron chi connectivity index (χ4n) is 2.47. The SMILES string of the molecule is C[C@@H](O)[C@@H]1C(=O)N2C(C(=O)O)=C[C@H](C)[C@H]12. The van der Waals surface area contributed by atoms with E-state index in [0.717, 1.165) is 0 Å². The van der Waals surface area contributed by atoms with Gasteiger partial charge in [0, 0.05) is 0 Å². The molecule has 5 heteroatoms. The molecule has 2 heterocycles. The molecule has 1 amide bonds. The van der Waals surface area contributed by atoms with Gasteiger partial charge < -0.3 is 15.1 Å². The average Bonchev–Trinajstić information content (AvgIpc) is 2.38. The van der Waals surface area contributed by atoms with Gasteiger partial charge in [0.25, 0.3) is 0 Å². The average molecular weight is 211 g/mol. The highest BCUT2D eigenvalue weighted by atomic mass is 16.4. The monoisotopic (exact) mass is 211 g/mol. The van der Waals surface area contributed by atoms with Gasteiger partial charge in [-0.25, -0.2) is 4.79 Å². The van der Waals surface area contributed by atoms with Crippen LogP contribution in [-0.2, 0) is 9.59 Å². The number of β-lactam (4-membered cyclic amide) rings is 1. The summed E-state index contributed by atoms with van der Waals surface area (Å²) in [5.41, 5.74) is 0.0504. The lowest BCUT2D eigenvalue weighted by atomic mass is 9.79. The van der Waals surface area contributed by atoms with Crippen LogP contribution in [0.15, 0.2) is 11.8 Å². The maximum Gasteiger partial charge on any atom is 0.352 e. The van der Waals surface area contributed by atoms with Crippen LogP contribution in [0.2, 0.25) is 0 Å². The van der Waals surface area contributed by atoms with E-state index in [2.05, 4.69) is 0 Å². The first kappa shape index (κ1) is 10.2.